The second-order valence-corrected chi connectivity index (χ2v) is 9.31. The minimum atomic E-state index is -3.02. The number of halogens is 2. The van der Waals surface area contributed by atoms with Gasteiger partial charge in [0.1, 0.15) is 5.69 Å². The molecule has 0 saturated carbocycles. The molecule has 1 aromatic rings. The van der Waals surface area contributed by atoms with Crippen LogP contribution in [0.2, 0.25) is 0 Å². The van der Waals surface area contributed by atoms with Crippen LogP contribution in [0.25, 0.3) is 0 Å². The van der Waals surface area contributed by atoms with E-state index in [1.54, 1.807) is 0 Å². The number of nitrogens with one attached hydrogen (secondary N) is 1. The number of hydrogen-bond donors (Lipinski definition) is 1. The van der Waals surface area contributed by atoms with Crippen LogP contribution in [0.1, 0.15) is 0 Å². The molecule has 3 saturated heterocycles. The molecule has 0 bridgehead atoms. The average Bonchev–Trinajstić information content (AvgIpc) is 2.91. The topological polar surface area (TPSA) is 96.0 Å². The molecule has 1 spiro atoms. The SMILES string of the molecule is CNC(=O)[C@H]1CN(c2cc(F)c(N3CC4(C3)CS(=O)(=O)C4)c(F)c2)C(=O)O1. The number of benzene rings is 1. The third kappa shape index (κ3) is 2.89. The van der Waals surface area contributed by atoms with E-state index in [2.05, 4.69) is 5.32 Å². The molecule has 3 heterocycles. The van der Waals surface area contributed by atoms with Crippen LogP contribution in [0, 0.1) is 17.0 Å². The zero-order chi connectivity index (χ0) is 19.6. The molecule has 0 unspecified atom stereocenters. The van der Waals surface area contributed by atoms with Crippen molar-refractivity contribution in [2.75, 3.05) is 48.0 Å². The number of carbonyl (C=O) groups excluding carboxylic acids is 2. The number of rotatable bonds is 3. The van der Waals surface area contributed by atoms with E-state index in [4.69, 9.17) is 4.74 Å². The zero-order valence-electron chi connectivity index (χ0n) is 14.4. The zero-order valence-corrected chi connectivity index (χ0v) is 15.2. The van der Waals surface area contributed by atoms with Crippen molar-refractivity contribution in [2.24, 2.45) is 5.41 Å². The first-order valence-electron chi connectivity index (χ1n) is 8.27. The van der Waals surface area contributed by atoms with E-state index in [-0.39, 0.29) is 42.5 Å². The molecule has 2 amide bonds. The molecular weight excluding hydrogens is 384 g/mol. The maximum Gasteiger partial charge on any atom is 0.415 e. The molecule has 0 aliphatic carbocycles. The van der Waals surface area contributed by atoms with Crippen LogP contribution in [0.4, 0.5) is 25.0 Å². The summed E-state index contributed by atoms with van der Waals surface area (Å²) in [5.41, 5.74) is -0.703. The van der Waals surface area contributed by atoms with Gasteiger partial charge in [-0.2, -0.15) is 0 Å². The summed E-state index contributed by atoms with van der Waals surface area (Å²) in [4.78, 5) is 26.0. The maximum absolute atomic E-state index is 14.6. The average molecular weight is 401 g/mol. The summed E-state index contributed by atoms with van der Waals surface area (Å²) < 4.78 is 56.7. The molecule has 1 N–H and O–H groups in total. The van der Waals surface area contributed by atoms with E-state index in [1.807, 2.05) is 0 Å². The normalized spacial score (nSPS) is 25.0. The Kier molecular flexibility index (Phi) is 3.85. The predicted molar refractivity (Wildman–Crippen MR) is 91.3 cm³/mol. The van der Waals surface area contributed by atoms with Gasteiger partial charge in [0.2, 0.25) is 0 Å². The fourth-order valence-electron chi connectivity index (χ4n) is 3.98. The number of likely N-dealkylation sites (N-methyl/N-ethyl adjacent to an activating group) is 1. The molecule has 8 nitrogen and oxygen atoms in total. The molecule has 1 aromatic carbocycles. The first kappa shape index (κ1) is 18.0. The lowest BCUT2D eigenvalue weighted by Gasteiger charge is -2.55. The molecule has 3 fully saturated rings. The lowest BCUT2D eigenvalue weighted by Crippen LogP contribution is -2.68. The van der Waals surface area contributed by atoms with Gasteiger partial charge in [0.15, 0.2) is 27.6 Å². The predicted octanol–water partition coefficient (Wildman–Crippen LogP) is 0.271. The highest BCUT2D eigenvalue weighted by Crippen LogP contribution is 2.45. The number of cyclic esters (lactones) is 1. The molecule has 3 aliphatic heterocycles. The smallest absolute Gasteiger partial charge is 0.415 e. The number of carbonyl (C=O) groups is 2. The van der Waals surface area contributed by atoms with E-state index in [1.165, 1.54) is 11.9 Å². The summed E-state index contributed by atoms with van der Waals surface area (Å²) >= 11 is 0. The van der Waals surface area contributed by atoms with E-state index in [9.17, 15) is 26.8 Å². The second-order valence-electron chi connectivity index (χ2n) is 7.24. The first-order chi connectivity index (χ1) is 12.6. The summed E-state index contributed by atoms with van der Waals surface area (Å²) in [6.45, 7) is 0.384. The third-order valence-electron chi connectivity index (χ3n) is 5.08. The Labute approximate surface area is 154 Å². The Morgan fingerprint density at radius 1 is 1.26 bits per heavy atom. The van der Waals surface area contributed by atoms with E-state index in [0.717, 1.165) is 17.0 Å². The highest BCUT2D eigenvalue weighted by atomic mass is 32.2. The first-order valence-corrected chi connectivity index (χ1v) is 10.1. The Balaban J connectivity index is 1.52. The number of hydrogen-bond acceptors (Lipinski definition) is 6. The molecular formula is C16H17F2N3O5S. The minimum Gasteiger partial charge on any atom is -0.434 e. The van der Waals surface area contributed by atoms with Crippen molar-refractivity contribution >= 4 is 33.2 Å². The van der Waals surface area contributed by atoms with E-state index < -0.39 is 45.0 Å². The van der Waals surface area contributed by atoms with Gasteiger partial charge >= 0.3 is 6.09 Å². The minimum absolute atomic E-state index is 0.0400. The molecule has 0 aromatic heterocycles. The van der Waals surface area contributed by atoms with Crippen molar-refractivity contribution in [3.8, 4) is 0 Å². The second kappa shape index (κ2) is 5.78. The fourth-order valence-corrected chi connectivity index (χ4v) is 6.12. The van der Waals surface area contributed by atoms with Crippen LogP contribution in [0.3, 0.4) is 0 Å². The van der Waals surface area contributed by atoms with Crippen molar-refractivity contribution in [3.05, 3.63) is 23.8 Å². The highest BCUT2D eigenvalue weighted by molar-refractivity contribution is 7.92. The van der Waals surface area contributed by atoms with Crippen molar-refractivity contribution in [1.82, 2.24) is 5.32 Å². The number of nitrogens with zero attached hydrogens (tertiary/aromatic N) is 2. The molecule has 4 rings (SSSR count). The molecule has 146 valence electrons. The Bertz CT molecular complexity index is 908. The van der Waals surface area contributed by atoms with Crippen molar-refractivity contribution < 1.29 is 31.5 Å². The molecule has 11 heteroatoms. The van der Waals surface area contributed by atoms with Crippen LogP contribution in [-0.4, -0.2) is 64.7 Å². The largest absolute Gasteiger partial charge is 0.434 e. The summed E-state index contributed by atoms with van der Waals surface area (Å²) in [5.74, 6) is -2.16. The van der Waals surface area contributed by atoms with Gasteiger partial charge < -0.3 is 15.0 Å². The summed E-state index contributed by atoms with van der Waals surface area (Å²) in [6, 6.07) is 2.02. The molecule has 1 atom stereocenters. The van der Waals surface area contributed by atoms with Crippen LogP contribution in [0.5, 0.6) is 0 Å². The number of anilines is 2. The van der Waals surface area contributed by atoms with Crippen molar-refractivity contribution in [2.45, 2.75) is 6.10 Å². The number of sulfone groups is 1. The van der Waals surface area contributed by atoms with Gasteiger partial charge in [-0.15, -0.1) is 0 Å². The Hall–Kier alpha value is -2.43. The van der Waals surface area contributed by atoms with Crippen LogP contribution >= 0.6 is 0 Å². The molecule has 27 heavy (non-hydrogen) atoms. The monoisotopic (exact) mass is 401 g/mol. The Morgan fingerprint density at radius 2 is 1.85 bits per heavy atom. The summed E-state index contributed by atoms with van der Waals surface area (Å²) in [5, 5.41) is 2.35. The van der Waals surface area contributed by atoms with Crippen LogP contribution in [0.15, 0.2) is 12.1 Å². The number of amides is 2. The van der Waals surface area contributed by atoms with Gasteiger partial charge in [0.25, 0.3) is 5.91 Å². The lowest BCUT2D eigenvalue weighted by atomic mass is 9.82. The van der Waals surface area contributed by atoms with E-state index >= 15 is 0 Å². The van der Waals surface area contributed by atoms with E-state index in [0.29, 0.717) is 0 Å². The van der Waals surface area contributed by atoms with Gasteiger partial charge in [-0.1, -0.05) is 0 Å². The number of ether oxygens (including phenoxy) is 1. The fraction of sp³-hybridized carbons (Fsp3) is 0.500. The molecule has 3 aliphatic rings. The summed E-state index contributed by atoms with van der Waals surface area (Å²) in [6.07, 6.45) is -1.91. The quantitative estimate of drug-likeness (QED) is 0.781. The van der Waals surface area contributed by atoms with Crippen LogP contribution < -0.4 is 15.1 Å². The van der Waals surface area contributed by atoms with Gasteiger partial charge in [0, 0.05) is 37.7 Å². The highest BCUT2D eigenvalue weighted by Gasteiger charge is 2.56. The third-order valence-corrected chi connectivity index (χ3v) is 7.19. The van der Waals surface area contributed by atoms with Gasteiger partial charge in [-0.3, -0.25) is 9.69 Å². The lowest BCUT2D eigenvalue weighted by molar-refractivity contribution is -0.127. The van der Waals surface area contributed by atoms with Crippen molar-refractivity contribution in [1.29, 1.82) is 0 Å². The maximum atomic E-state index is 14.6. The van der Waals surface area contributed by atoms with Crippen LogP contribution in [-0.2, 0) is 19.4 Å². The van der Waals surface area contributed by atoms with Crippen molar-refractivity contribution in [3.63, 3.8) is 0 Å². The molecule has 0 radical (unpaired) electrons. The summed E-state index contributed by atoms with van der Waals surface area (Å²) in [7, 11) is -1.63. The van der Waals surface area contributed by atoms with Gasteiger partial charge in [0.05, 0.1) is 23.7 Å². The van der Waals surface area contributed by atoms with Gasteiger partial charge in [-0.25, -0.2) is 22.0 Å². The Morgan fingerprint density at radius 3 is 2.37 bits per heavy atom. The van der Waals surface area contributed by atoms with Gasteiger partial charge in [-0.05, 0) is 0 Å². The standard InChI is InChI=1S/C16H17F2N3O5S/c1-19-14(22)12-4-21(15(23)26-12)9-2-10(17)13(11(18)3-9)20-5-16(6-20)7-27(24,25)8-16/h2-3,12H,4-8H2,1H3,(H,19,22)/t12-/m1/s1.